The molecule has 2 N–H and O–H groups in total. The zero-order valence-corrected chi connectivity index (χ0v) is 12.7. The highest BCUT2D eigenvalue weighted by Gasteiger charge is 2.15. The molecule has 5 nitrogen and oxygen atoms in total. The number of likely N-dealkylation sites (N-methyl/N-ethyl adjacent to an activating group) is 1. The molecule has 1 aromatic carbocycles. The zero-order chi connectivity index (χ0) is 15.7. The molecule has 0 spiro atoms. The first-order valence-corrected chi connectivity index (χ1v) is 7.01. The minimum Gasteiger partial charge on any atom is -0.481 e. The molecule has 1 amide bonds. The fourth-order valence-electron chi connectivity index (χ4n) is 1.76. The molecule has 0 aliphatic carbocycles. The van der Waals surface area contributed by atoms with Crippen LogP contribution in [0.2, 0.25) is 0 Å². The standard InChI is InChI=1S/C15H23FN2O3/c1-4-18-15(19)11(2)21-14-6-5-13(16)9-12(14)10-17-7-8-20-3/h5-6,9,11,17H,4,7-8,10H2,1-3H3,(H,18,19). The number of carbonyl (C=O) groups excluding carboxylic acids is 1. The second-order valence-corrected chi connectivity index (χ2v) is 4.58. The Labute approximate surface area is 124 Å². The minimum absolute atomic E-state index is 0.194. The zero-order valence-electron chi connectivity index (χ0n) is 12.7. The highest BCUT2D eigenvalue weighted by Crippen LogP contribution is 2.21. The quantitative estimate of drug-likeness (QED) is 0.678. The molecule has 0 aliphatic heterocycles. The van der Waals surface area contributed by atoms with Gasteiger partial charge in [-0.2, -0.15) is 0 Å². The smallest absolute Gasteiger partial charge is 0.260 e. The van der Waals surface area contributed by atoms with Crippen LogP contribution in [-0.4, -0.2) is 38.8 Å². The average Bonchev–Trinajstić information content (AvgIpc) is 2.46. The summed E-state index contributed by atoms with van der Waals surface area (Å²) in [6, 6.07) is 4.26. The summed E-state index contributed by atoms with van der Waals surface area (Å²) in [4.78, 5) is 11.7. The molecule has 21 heavy (non-hydrogen) atoms. The summed E-state index contributed by atoms with van der Waals surface area (Å²) < 4.78 is 23.9. The van der Waals surface area contributed by atoms with Gasteiger partial charge in [0.1, 0.15) is 11.6 Å². The molecule has 1 atom stereocenters. The Kier molecular flexibility index (Phi) is 7.71. The molecular formula is C15H23FN2O3. The van der Waals surface area contributed by atoms with Crippen molar-refractivity contribution in [2.45, 2.75) is 26.5 Å². The minimum atomic E-state index is -0.631. The van der Waals surface area contributed by atoms with Crippen molar-refractivity contribution < 1.29 is 18.7 Å². The molecule has 0 fully saturated rings. The summed E-state index contributed by atoms with van der Waals surface area (Å²) in [5, 5.41) is 5.81. The molecule has 118 valence electrons. The Hall–Kier alpha value is -1.66. The monoisotopic (exact) mass is 298 g/mol. The molecule has 0 aliphatic rings. The molecule has 0 bridgehead atoms. The average molecular weight is 298 g/mol. The van der Waals surface area contributed by atoms with E-state index >= 15 is 0 Å². The number of ether oxygens (including phenoxy) is 2. The van der Waals surface area contributed by atoms with Gasteiger partial charge in [0.15, 0.2) is 6.10 Å². The normalized spacial score (nSPS) is 12.0. The fraction of sp³-hybridized carbons (Fsp3) is 0.533. The van der Waals surface area contributed by atoms with E-state index in [1.54, 1.807) is 20.1 Å². The lowest BCUT2D eigenvalue weighted by Gasteiger charge is -2.17. The lowest BCUT2D eigenvalue weighted by Crippen LogP contribution is -2.36. The molecular weight excluding hydrogens is 275 g/mol. The van der Waals surface area contributed by atoms with Gasteiger partial charge in [0.2, 0.25) is 0 Å². The molecule has 0 heterocycles. The largest absolute Gasteiger partial charge is 0.481 e. The number of hydrogen-bond acceptors (Lipinski definition) is 4. The fourth-order valence-corrected chi connectivity index (χ4v) is 1.76. The van der Waals surface area contributed by atoms with Gasteiger partial charge in [0.05, 0.1) is 6.61 Å². The van der Waals surface area contributed by atoms with E-state index in [2.05, 4.69) is 10.6 Å². The van der Waals surface area contributed by atoms with Crippen LogP contribution < -0.4 is 15.4 Å². The van der Waals surface area contributed by atoms with Gasteiger partial charge in [0.25, 0.3) is 5.91 Å². The van der Waals surface area contributed by atoms with E-state index in [-0.39, 0.29) is 11.7 Å². The summed E-state index contributed by atoms with van der Waals surface area (Å²) in [5.74, 6) is -0.0308. The van der Waals surface area contributed by atoms with Crippen LogP contribution in [0.15, 0.2) is 18.2 Å². The Balaban J connectivity index is 2.69. The van der Waals surface area contributed by atoms with Crippen LogP contribution in [0.25, 0.3) is 0 Å². The van der Waals surface area contributed by atoms with Gasteiger partial charge < -0.3 is 20.1 Å². The van der Waals surface area contributed by atoms with Crippen LogP contribution in [0, 0.1) is 5.82 Å². The first-order valence-electron chi connectivity index (χ1n) is 7.01. The van der Waals surface area contributed by atoms with Crippen molar-refractivity contribution >= 4 is 5.91 Å². The third-order valence-corrected chi connectivity index (χ3v) is 2.84. The van der Waals surface area contributed by atoms with E-state index in [0.29, 0.717) is 37.6 Å². The van der Waals surface area contributed by atoms with E-state index in [9.17, 15) is 9.18 Å². The number of halogens is 1. The van der Waals surface area contributed by atoms with Crippen molar-refractivity contribution in [2.24, 2.45) is 0 Å². The van der Waals surface area contributed by atoms with E-state index in [1.165, 1.54) is 12.1 Å². The van der Waals surface area contributed by atoms with Gasteiger partial charge in [-0.15, -0.1) is 0 Å². The van der Waals surface area contributed by atoms with Crippen molar-refractivity contribution in [2.75, 3.05) is 26.8 Å². The van der Waals surface area contributed by atoms with Crippen molar-refractivity contribution in [1.29, 1.82) is 0 Å². The van der Waals surface area contributed by atoms with Crippen molar-refractivity contribution in [3.63, 3.8) is 0 Å². The van der Waals surface area contributed by atoms with Crippen LogP contribution in [0.3, 0.4) is 0 Å². The van der Waals surface area contributed by atoms with Crippen LogP contribution in [-0.2, 0) is 16.1 Å². The molecule has 0 radical (unpaired) electrons. The number of nitrogens with one attached hydrogen (secondary N) is 2. The summed E-state index contributed by atoms with van der Waals surface area (Å²) in [7, 11) is 1.62. The molecule has 1 aromatic rings. The van der Waals surface area contributed by atoms with Crippen molar-refractivity contribution in [1.82, 2.24) is 10.6 Å². The SMILES string of the molecule is CCNC(=O)C(C)Oc1ccc(F)cc1CNCCOC. The Morgan fingerprint density at radius 3 is 2.86 bits per heavy atom. The van der Waals surface area contributed by atoms with E-state index in [4.69, 9.17) is 9.47 Å². The maximum absolute atomic E-state index is 13.4. The van der Waals surface area contributed by atoms with Crippen LogP contribution in [0.5, 0.6) is 5.75 Å². The van der Waals surface area contributed by atoms with Crippen molar-refractivity contribution in [3.05, 3.63) is 29.6 Å². The first kappa shape index (κ1) is 17.4. The lowest BCUT2D eigenvalue weighted by molar-refractivity contribution is -0.127. The Bertz CT molecular complexity index is 455. The first-order chi connectivity index (χ1) is 10.1. The van der Waals surface area contributed by atoms with Crippen LogP contribution in [0.4, 0.5) is 4.39 Å². The summed E-state index contributed by atoms with van der Waals surface area (Å²) in [6.07, 6.45) is -0.631. The van der Waals surface area contributed by atoms with Gasteiger partial charge in [-0.1, -0.05) is 0 Å². The van der Waals surface area contributed by atoms with E-state index in [1.807, 2.05) is 6.92 Å². The van der Waals surface area contributed by atoms with Crippen molar-refractivity contribution in [3.8, 4) is 5.75 Å². The predicted octanol–water partition coefficient (Wildman–Crippen LogP) is 1.47. The second-order valence-electron chi connectivity index (χ2n) is 4.58. The number of amides is 1. The number of benzene rings is 1. The number of methoxy groups -OCH3 is 1. The molecule has 0 aromatic heterocycles. The molecule has 0 saturated heterocycles. The van der Waals surface area contributed by atoms with Gasteiger partial charge in [-0.25, -0.2) is 4.39 Å². The van der Waals surface area contributed by atoms with E-state index in [0.717, 1.165) is 0 Å². The number of rotatable bonds is 9. The Morgan fingerprint density at radius 2 is 2.19 bits per heavy atom. The molecule has 1 rings (SSSR count). The second kappa shape index (κ2) is 9.31. The van der Waals surface area contributed by atoms with Gasteiger partial charge >= 0.3 is 0 Å². The maximum atomic E-state index is 13.4. The number of carbonyl (C=O) groups is 1. The lowest BCUT2D eigenvalue weighted by atomic mass is 10.2. The maximum Gasteiger partial charge on any atom is 0.260 e. The van der Waals surface area contributed by atoms with Gasteiger partial charge in [-0.05, 0) is 32.0 Å². The third kappa shape index (κ3) is 6.10. The number of hydrogen-bond donors (Lipinski definition) is 2. The summed E-state index contributed by atoms with van der Waals surface area (Å²) in [5.41, 5.74) is 0.669. The Morgan fingerprint density at radius 1 is 1.43 bits per heavy atom. The topological polar surface area (TPSA) is 59.6 Å². The van der Waals surface area contributed by atoms with Gasteiger partial charge in [-0.3, -0.25) is 4.79 Å². The van der Waals surface area contributed by atoms with Gasteiger partial charge in [0, 0.05) is 32.3 Å². The summed E-state index contributed by atoms with van der Waals surface area (Å²) in [6.45, 7) is 5.71. The third-order valence-electron chi connectivity index (χ3n) is 2.84. The molecule has 6 heteroatoms. The van der Waals surface area contributed by atoms with Crippen LogP contribution >= 0.6 is 0 Å². The highest BCUT2D eigenvalue weighted by molar-refractivity contribution is 5.80. The predicted molar refractivity (Wildman–Crippen MR) is 78.8 cm³/mol. The highest BCUT2D eigenvalue weighted by atomic mass is 19.1. The van der Waals surface area contributed by atoms with Crippen LogP contribution in [0.1, 0.15) is 19.4 Å². The van der Waals surface area contributed by atoms with E-state index < -0.39 is 6.10 Å². The molecule has 0 saturated carbocycles. The summed E-state index contributed by atoms with van der Waals surface area (Å²) >= 11 is 0. The molecule has 1 unspecified atom stereocenters.